The minimum Gasteiger partial charge on any atom is -0.368 e. The molecule has 0 atom stereocenters. The molecule has 1 aliphatic heterocycles. The van der Waals surface area contributed by atoms with Crippen LogP contribution in [0.5, 0.6) is 0 Å². The molecule has 2 aromatic rings. The van der Waals surface area contributed by atoms with Crippen LogP contribution in [-0.2, 0) is 4.79 Å². The number of benzene rings is 2. The average Bonchev–Trinajstić information content (AvgIpc) is 2.61. The van der Waals surface area contributed by atoms with Crippen LogP contribution in [0.25, 0.3) is 0 Å². The molecule has 0 aliphatic carbocycles. The second-order valence-electron chi connectivity index (χ2n) is 5.88. The summed E-state index contributed by atoms with van der Waals surface area (Å²) in [6.45, 7) is 4.55. The summed E-state index contributed by atoms with van der Waals surface area (Å²) in [7, 11) is 0. The maximum Gasteiger partial charge on any atom is 0.219 e. The lowest BCUT2D eigenvalue weighted by molar-refractivity contribution is -0.129. The van der Waals surface area contributed by atoms with Crippen LogP contribution in [0.15, 0.2) is 48.5 Å². The first kappa shape index (κ1) is 16.2. The third kappa shape index (κ3) is 3.45. The topological polar surface area (TPSA) is 40.6 Å². The van der Waals surface area contributed by atoms with Crippen LogP contribution in [0.3, 0.4) is 0 Å². The number of halogens is 1. The van der Waals surface area contributed by atoms with E-state index in [0.29, 0.717) is 24.2 Å². The lowest BCUT2D eigenvalue weighted by atomic mass is 10.0. The van der Waals surface area contributed by atoms with Crippen molar-refractivity contribution in [3.8, 4) is 0 Å². The summed E-state index contributed by atoms with van der Waals surface area (Å²) < 4.78 is 13.3. The molecular weight excluding hydrogens is 307 g/mol. The molecule has 0 aromatic heterocycles. The molecule has 1 amide bonds. The van der Waals surface area contributed by atoms with Gasteiger partial charge in [0.1, 0.15) is 5.82 Å². The van der Waals surface area contributed by atoms with Gasteiger partial charge in [0.05, 0.1) is 0 Å². The van der Waals surface area contributed by atoms with Crippen LogP contribution in [0.1, 0.15) is 22.8 Å². The van der Waals surface area contributed by atoms with E-state index >= 15 is 0 Å². The molecular formula is C19H19FN2O2. The second kappa shape index (κ2) is 6.83. The van der Waals surface area contributed by atoms with Gasteiger partial charge in [-0.3, -0.25) is 9.59 Å². The molecule has 1 saturated heterocycles. The highest BCUT2D eigenvalue weighted by atomic mass is 19.1. The van der Waals surface area contributed by atoms with Gasteiger partial charge in [-0.2, -0.15) is 0 Å². The van der Waals surface area contributed by atoms with Crippen molar-refractivity contribution >= 4 is 17.4 Å². The van der Waals surface area contributed by atoms with Crippen LogP contribution < -0.4 is 4.90 Å². The van der Waals surface area contributed by atoms with Gasteiger partial charge >= 0.3 is 0 Å². The van der Waals surface area contributed by atoms with E-state index in [0.717, 1.165) is 18.8 Å². The van der Waals surface area contributed by atoms with Crippen LogP contribution in [-0.4, -0.2) is 42.8 Å². The monoisotopic (exact) mass is 326 g/mol. The van der Waals surface area contributed by atoms with E-state index in [9.17, 15) is 14.0 Å². The van der Waals surface area contributed by atoms with E-state index in [1.807, 2.05) is 17.0 Å². The van der Waals surface area contributed by atoms with Crippen molar-refractivity contribution in [2.75, 3.05) is 31.1 Å². The third-order valence-electron chi connectivity index (χ3n) is 4.31. The molecule has 0 radical (unpaired) electrons. The number of anilines is 1. The first-order chi connectivity index (χ1) is 11.5. The Morgan fingerprint density at radius 3 is 2.17 bits per heavy atom. The molecule has 2 aromatic carbocycles. The zero-order valence-corrected chi connectivity index (χ0v) is 13.5. The Bertz CT molecular complexity index is 750. The molecule has 3 rings (SSSR count). The highest BCUT2D eigenvalue weighted by molar-refractivity contribution is 6.09. The smallest absolute Gasteiger partial charge is 0.219 e. The molecule has 0 spiro atoms. The van der Waals surface area contributed by atoms with Gasteiger partial charge in [0, 0.05) is 49.9 Å². The van der Waals surface area contributed by atoms with E-state index in [1.54, 1.807) is 25.1 Å². The number of amides is 1. The number of ketones is 1. The van der Waals surface area contributed by atoms with E-state index < -0.39 is 5.82 Å². The van der Waals surface area contributed by atoms with Crippen molar-refractivity contribution in [2.24, 2.45) is 0 Å². The number of rotatable bonds is 3. The molecule has 0 bridgehead atoms. The predicted octanol–water partition coefficient (Wildman–Crippen LogP) is 2.73. The lowest BCUT2D eigenvalue weighted by Crippen LogP contribution is -2.48. The molecule has 24 heavy (non-hydrogen) atoms. The third-order valence-corrected chi connectivity index (χ3v) is 4.31. The largest absolute Gasteiger partial charge is 0.368 e. The Balaban J connectivity index is 1.70. The molecule has 5 heteroatoms. The minimum atomic E-state index is -0.416. The van der Waals surface area contributed by atoms with Crippen molar-refractivity contribution in [1.82, 2.24) is 4.90 Å². The molecule has 1 aliphatic rings. The normalized spacial score (nSPS) is 14.6. The van der Waals surface area contributed by atoms with Crippen molar-refractivity contribution < 1.29 is 14.0 Å². The fourth-order valence-corrected chi connectivity index (χ4v) is 2.90. The SMILES string of the molecule is CC(=O)N1CCN(c2ccc(C(=O)c3cccc(F)c3)cc2)CC1. The second-order valence-corrected chi connectivity index (χ2v) is 5.88. The predicted molar refractivity (Wildman–Crippen MR) is 90.7 cm³/mol. The van der Waals surface area contributed by atoms with Crippen molar-refractivity contribution in [3.05, 3.63) is 65.5 Å². The molecule has 0 saturated carbocycles. The van der Waals surface area contributed by atoms with E-state index in [2.05, 4.69) is 4.90 Å². The van der Waals surface area contributed by atoms with Crippen LogP contribution in [0, 0.1) is 5.82 Å². The number of nitrogens with zero attached hydrogens (tertiary/aromatic N) is 2. The Morgan fingerprint density at radius 1 is 0.917 bits per heavy atom. The Morgan fingerprint density at radius 2 is 1.58 bits per heavy atom. The van der Waals surface area contributed by atoms with Gasteiger partial charge in [0.25, 0.3) is 0 Å². The standard InChI is InChI=1S/C19H19FN2O2/c1-14(23)21-9-11-22(12-10-21)18-7-5-15(6-8-18)19(24)16-3-2-4-17(20)13-16/h2-8,13H,9-12H2,1H3. The number of piperazine rings is 1. The fourth-order valence-electron chi connectivity index (χ4n) is 2.90. The number of carbonyl (C=O) groups is 2. The molecule has 1 fully saturated rings. The summed E-state index contributed by atoms with van der Waals surface area (Å²) in [6, 6.07) is 13.0. The van der Waals surface area contributed by atoms with Crippen LogP contribution in [0.4, 0.5) is 10.1 Å². The van der Waals surface area contributed by atoms with E-state index in [4.69, 9.17) is 0 Å². The van der Waals surface area contributed by atoms with Crippen molar-refractivity contribution in [2.45, 2.75) is 6.92 Å². The highest BCUT2D eigenvalue weighted by Crippen LogP contribution is 2.19. The maximum atomic E-state index is 13.3. The van der Waals surface area contributed by atoms with Gasteiger partial charge < -0.3 is 9.80 Å². The zero-order valence-electron chi connectivity index (χ0n) is 13.5. The van der Waals surface area contributed by atoms with Gasteiger partial charge in [0.2, 0.25) is 5.91 Å². The van der Waals surface area contributed by atoms with Crippen LogP contribution in [0.2, 0.25) is 0 Å². The van der Waals surface area contributed by atoms with Gasteiger partial charge in [-0.05, 0) is 36.4 Å². The molecule has 0 unspecified atom stereocenters. The Labute approximate surface area is 140 Å². The number of carbonyl (C=O) groups excluding carboxylic acids is 2. The van der Waals surface area contributed by atoms with Gasteiger partial charge in [-0.25, -0.2) is 4.39 Å². The Hall–Kier alpha value is -2.69. The lowest BCUT2D eigenvalue weighted by Gasteiger charge is -2.35. The fraction of sp³-hybridized carbons (Fsp3) is 0.263. The Kier molecular flexibility index (Phi) is 4.60. The first-order valence-corrected chi connectivity index (χ1v) is 7.95. The van der Waals surface area contributed by atoms with Crippen molar-refractivity contribution in [1.29, 1.82) is 0 Å². The number of hydrogen-bond donors (Lipinski definition) is 0. The summed E-state index contributed by atoms with van der Waals surface area (Å²) >= 11 is 0. The summed E-state index contributed by atoms with van der Waals surface area (Å²) in [4.78, 5) is 27.8. The summed E-state index contributed by atoms with van der Waals surface area (Å²) in [6.07, 6.45) is 0. The first-order valence-electron chi connectivity index (χ1n) is 7.95. The average molecular weight is 326 g/mol. The maximum absolute atomic E-state index is 13.3. The minimum absolute atomic E-state index is 0.102. The van der Waals surface area contributed by atoms with E-state index in [-0.39, 0.29) is 11.7 Å². The van der Waals surface area contributed by atoms with Gasteiger partial charge in [0.15, 0.2) is 5.78 Å². The quantitative estimate of drug-likeness (QED) is 0.814. The summed E-state index contributed by atoms with van der Waals surface area (Å²) in [5.41, 5.74) is 1.90. The number of hydrogen-bond acceptors (Lipinski definition) is 3. The molecule has 4 nitrogen and oxygen atoms in total. The molecule has 1 heterocycles. The summed E-state index contributed by atoms with van der Waals surface area (Å²) in [5, 5.41) is 0. The van der Waals surface area contributed by atoms with E-state index in [1.165, 1.54) is 18.2 Å². The zero-order chi connectivity index (χ0) is 17.1. The van der Waals surface area contributed by atoms with Crippen molar-refractivity contribution in [3.63, 3.8) is 0 Å². The summed E-state index contributed by atoms with van der Waals surface area (Å²) in [5.74, 6) is -0.506. The van der Waals surface area contributed by atoms with Crippen LogP contribution >= 0.6 is 0 Å². The van der Waals surface area contributed by atoms with Gasteiger partial charge in [-0.1, -0.05) is 12.1 Å². The highest BCUT2D eigenvalue weighted by Gasteiger charge is 2.19. The molecule has 124 valence electrons. The van der Waals surface area contributed by atoms with Gasteiger partial charge in [-0.15, -0.1) is 0 Å². The molecule has 0 N–H and O–H groups in total.